The number of hydrogen-bond acceptors (Lipinski definition) is 7. The Hall–Kier alpha value is -4.55. The first-order valence-electron chi connectivity index (χ1n) is 6.99. The van der Waals surface area contributed by atoms with Crippen LogP contribution in [0.4, 0.5) is 11.4 Å². The van der Waals surface area contributed by atoms with Crippen molar-refractivity contribution in [3.63, 3.8) is 0 Å². The molecule has 0 saturated carbocycles. The van der Waals surface area contributed by atoms with E-state index >= 15 is 0 Å². The van der Waals surface area contributed by atoms with Crippen LogP contribution in [0.15, 0.2) is 35.9 Å². The summed E-state index contributed by atoms with van der Waals surface area (Å²) in [5.41, 5.74) is 0.102. The Labute approximate surface area is 145 Å². The average molecular weight is 343 g/mol. The Morgan fingerprint density at radius 2 is 1.46 bits per heavy atom. The number of nitro benzene ring substituents is 2. The molecule has 26 heavy (non-hydrogen) atoms. The maximum Gasteiger partial charge on any atom is 0.271 e. The maximum atomic E-state index is 11.2. The predicted octanol–water partition coefficient (Wildman–Crippen LogP) is 3.20. The topological polar surface area (TPSA) is 158 Å². The number of rotatable bonds is 2. The van der Waals surface area contributed by atoms with Gasteiger partial charge >= 0.3 is 0 Å². The normalized spacial score (nSPS) is 10.7. The Morgan fingerprint density at radius 3 is 2.00 bits per heavy atom. The Bertz CT molecular complexity index is 1160. The summed E-state index contributed by atoms with van der Waals surface area (Å²) in [4.78, 5) is 20.9. The predicted molar refractivity (Wildman–Crippen MR) is 87.1 cm³/mol. The molecule has 0 fully saturated rings. The zero-order valence-corrected chi connectivity index (χ0v) is 12.8. The molecule has 0 bridgehead atoms. The second-order valence-electron chi connectivity index (χ2n) is 5.25. The van der Waals surface area contributed by atoms with Crippen molar-refractivity contribution in [3.05, 3.63) is 72.8 Å². The Balaban J connectivity index is 2.51. The summed E-state index contributed by atoms with van der Waals surface area (Å²) < 4.78 is 0. The van der Waals surface area contributed by atoms with Crippen LogP contribution in [0.25, 0.3) is 16.7 Å². The van der Waals surface area contributed by atoms with Crippen LogP contribution in [0.5, 0.6) is 0 Å². The molecule has 0 spiro atoms. The summed E-state index contributed by atoms with van der Waals surface area (Å²) >= 11 is 0. The highest BCUT2D eigenvalue weighted by atomic mass is 16.6. The molecule has 3 rings (SSSR count). The lowest BCUT2D eigenvalue weighted by atomic mass is 9.97. The molecule has 0 atom stereocenters. The Morgan fingerprint density at radius 1 is 0.846 bits per heavy atom. The molecule has 0 unspecified atom stereocenters. The lowest BCUT2D eigenvalue weighted by Gasteiger charge is -2.04. The molecule has 2 aromatic rings. The monoisotopic (exact) mass is 343 g/mol. The number of nitrogens with zero attached hydrogens (tertiary/aromatic N) is 5. The molecule has 0 N–H and O–H groups in total. The minimum absolute atomic E-state index is 0.0190. The zero-order valence-electron chi connectivity index (χ0n) is 12.8. The van der Waals surface area contributed by atoms with Crippen LogP contribution in [-0.4, -0.2) is 9.85 Å². The number of non-ortho nitro benzene ring substituents is 2. The summed E-state index contributed by atoms with van der Waals surface area (Å²) in [6.07, 6.45) is 0. The molecule has 0 heterocycles. The van der Waals surface area contributed by atoms with Crippen molar-refractivity contribution in [1.29, 1.82) is 15.8 Å². The number of fused-ring (bicyclic) bond motifs is 3. The van der Waals surface area contributed by atoms with Gasteiger partial charge < -0.3 is 0 Å². The fourth-order valence-electron chi connectivity index (χ4n) is 2.93. The zero-order chi connectivity index (χ0) is 19.0. The van der Waals surface area contributed by atoms with Crippen molar-refractivity contribution in [2.75, 3.05) is 0 Å². The Kier molecular flexibility index (Phi) is 3.65. The van der Waals surface area contributed by atoms with Crippen LogP contribution in [0, 0.1) is 54.2 Å². The van der Waals surface area contributed by atoms with E-state index in [4.69, 9.17) is 0 Å². The van der Waals surface area contributed by atoms with Gasteiger partial charge in [0.05, 0.1) is 15.4 Å². The van der Waals surface area contributed by atoms with Crippen molar-refractivity contribution in [2.24, 2.45) is 0 Å². The minimum Gasteiger partial charge on any atom is -0.258 e. The molecule has 0 radical (unpaired) electrons. The van der Waals surface area contributed by atoms with Crippen LogP contribution >= 0.6 is 0 Å². The van der Waals surface area contributed by atoms with Gasteiger partial charge in [0, 0.05) is 41.0 Å². The second-order valence-corrected chi connectivity index (χ2v) is 5.25. The molecule has 0 aliphatic heterocycles. The quantitative estimate of drug-likeness (QED) is 0.392. The molecule has 1 aliphatic carbocycles. The van der Waals surface area contributed by atoms with Gasteiger partial charge in [0.25, 0.3) is 11.4 Å². The van der Waals surface area contributed by atoms with Gasteiger partial charge in [-0.2, -0.15) is 15.8 Å². The lowest BCUT2D eigenvalue weighted by Crippen LogP contribution is -1.94. The van der Waals surface area contributed by atoms with E-state index in [-0.39, 0.29) is 39.2 Å². The summed E-state index contributed by atoms with van der Waals surface area (Å²) in [5.74, 6) is 0. The van der Waals surface area contributed by atoms with E-state index in [2.05, 4.69) is 0 Å². The molecule has 1 aliphatic rings. The van der Waals surface area contributed by atoms with Crippen LogP contribution in [-0.2, 0) is 0 Å². The van der Waals surface area contributed by atoms with E-state index in [1.54, 1.807) is 12.1 Å². The lowest BCUT2D eigenvalue weighted by molar-refractivity contribution is -0.385. The SMILES string of the molecule is N#CC(C#N)=C1c2cc([N+](=O)[O-])ccc2-c2c(C#N)cc([N+](=O)[O-])cc21. The van der Waals surface area contributed by atoms with Gasteiger partial charge in [0.1, 0.15) is 23.8 Å². The fourth-order valence-corrected chi connectivity index (χ4v) is 2.93. The molecule has 122 valence electrons. The third-order valence-corrected chi connectivity index (χ3v) is 3.95. The van der Waals surface area contributed by atoms with Gasteiger partial charge in [-0.25, -0.2) is 0 Å². The van der Waals surface area contributed by atoms with E-state index < -0.39 is 9.85 Å². The molecule has 9 heteroatoms. The van der Waals surface area contributed by atoms with Crippen molar-refractivity contribution in [1.82, 2.24) is 0 Å². The second kappa shape index (κ2) is 5.82. The van der Waals surface area contributed by atoms with Crippen LogP contribution in [0.1, 0.15) is 16.7 Å². The molecule has 0 amide bonds. The van der Waals surface area contributed by atoms with Gasteiger partial charge in [-0.05, 0) is 17.2 Å². The number of hydrogen-bond donors (Lipinski definition) is 0. The fraction of sp³-hybridized carbons (Fsp3) is 0. The van der Waals surface area contributed by atoms with Gasteiger partial charge in [-0.3, -0.25) is 20.2 Å². The molecule has 0 saturated heterocycles. The van der Waals surface area contributed by atoms with Gasteiger partial charge in [0.15, 0.2) is 0 Å². The van der Waals surface area contributed by atoms with Crippen molar-refractivity contribution in [3.8, 4) is 29.3 Å². The third-order valence-electron chi connectivity index (χ3n) is 3.95. The first kappa shape index (κ1) is 16.3. The number of allylic oxidation sites excluding steroid dienone is 1. The van der Waals surface area contributed by atoms with E-state index in [9.17, 15) is 36.0 Å². The summed E-state index contributed by atoms with van der Waals surface area (Å²) in [6.45, 7) is 0. The van der Waals surface area contributed by atoms with E-state index in [0.717, 1.165) is 12.1 Å². The first-order valence-corrected chi connectivity index (χ1v) is 6.99. The highest BCUT2D eigenvalue weighted by Gasteiger charge is 2.32. The summed E-state index contributed by atoms with van der Waals surface area (Å²) in [6, 6.07) is 11.3. The summed E-state index contributed by atoms with van der Waals surface area (Å²) in [5, 5.41) is 50.1. The van der Waals surface area contributed by atoms with Gasteiger partial charge in [-0.1, -0.05) is 0 Å². The molecule has 2 aromatic carbocycles. The van der Waals surface area contributed by atoms with Crippen molar-refractivity contribution < 1.29 is 9.85 Å². The average Bonchev–Trinajstić information content (AvgIpc) is 2.96. The van der Waals surface area contributed by atoms with Gasteiger partial charge in [0.2, 0.25) is 0 Å². The number of nitro groups is 2. The summed E-state index contributed by atoms with van der Waals surface area (Å²) in [7, 11) is 0. The van der Waals surface area contributed by atoms with E-state index in [1.807, 2.05) is 6.07 Å². The van der Waals surface area contributed by atoms with Crippen molar-refractivity contribution in [2.45, 2.75) is 0 Å². The molecule has 9 nitrogen and oxygen atoms in total. The number of benzene rings is 2. The highest BCUT2D eigenvalue weighted by molar-refractivity contribution is 6.06. The van der Waals surface area contributed by atoms with Crippen LogP contribution < -0.4 is 0 Å². The first-order chi connectivity index (χ1) is 12.4. The van der Waals surface area contributed by atoms with E-state index in [0.29, 0.717) is 11.1 Å². The highest BCUT2D eigenvalue weighted by Crippen LogP contribution is 2.49. The largest absolute Gasteiger partial charge is 0.271 e. The standard InChI is InChI=1S/C17H5N5O4/c18-6-9-3-12(22(25)26)5-15-16(9)13-2-1-11(21(23)24)4-14(13)17(15)10(7-19)8-20/h1-5H. The van der Waals surface area contributed by atoms with Crippen LogP contribution in [0.2, 0.25) is 0 Å². The molecular formula is C17H5N5O4. The smallest absolute Gasteiger partial charge is 0.258 e. The van der Waals surface area contributed by atoms with Crippen LogP contribution in [0.3, 0.4) is 0 Å². The minimum atomic E-state index is -0.692. The maximum absolute atomic E-state index is 11.2. The van der Waals surface area contributed by atoms with E-state index in [1.165, 1.54) is 18.2 Å². The number of nitriles is 3. The van der Waals surface area contributed by atoms with Gasteiger partial charge in [-0.15, -0.1) is 0 Å². The molecule has 0 aromatic heterocycles. The molecular weight excluding hydrogens is 338 g/mol. The van der Waals surface area contributed by atoms with Crippen molar-refractivity contribution >= 4 is 16.9 Å². The third kappa shape index (κ3) is 2.23.